The average Bonchev–Trinajstić information content (AvgIpc) is 3.33. The third-order valence-corrected chi connectivity index (χ3v) is 7.28. The van der Waals surface area contributed by atoms with Gasteiger partial charge < -0.3 is 15.0 Å². The number of halogens is 5. The normalized spacial score (nSPS) is 15.2. The highest BCUT2D eigenvalue weighted by Crippen LogP contribution is 2.33. The van der Waals surface area contributed by atoms with Gasteiger partial charge in [0.2, 0.25) is 0 Å². The Balaban J connectivity index is 1.70. The van der Waals surface area contributed by atoms with Gasteiger partial charge >= 0.3 is 24.1 Å². The number of carbonyl (C=O) groups excluding carboxylic acids is 3. The summed E-state index contributed by atoms with van der Waals surface area (Å²) in [5.74, 6) is -2.83. The number of nitrogens with zero attached hydrogens (tertiary/aromatic N) is 3. The first-order valence-electron chi connectivity index (χ1n) is 12.3. The van der Waals surface area contributed by atoms with Crippen LogP contribution in [-0.4, -0.2) is 51.9 Å². The van der Waals surface area contributed by atoms with Crippen molar-refractivity contribution in [2.45, 2.75) is 51.4 Å². The number of fused-ring (bicyclic) bond motifs is 1. The van der Waals surface area contributed by atoms with Crippen LogP contribution in [-0.2, 0) is 32.7 Å². The monoisotopic (exact) mass is 611 g/mol. The molecule has 0 saturated carbocycles. The molecule has 0 saturated heterocycles. The third kappa shape index (κ3) is 6.43. The van der Waals surface area contributed by atoms with E-state index in [1.807, 2.05) is 20.8 Å². The van der Waals surface area contributed by atoms with Crippen LogP contribution in [0.25, 0.3) is 5.69 Å². The van der Waals surface area contributed by atoms with Gasteiger partial charge in [-0.05, 0) is 35.4 Å². The van der Waals surface area contributed by atoms with Crippen LogP contribution >= 0.6 is 23.2 Å². The lowest BCUT2D eigenvalue weighted by atomic mass is 9.92. The van der Waals surface area contributed by atoms with E-state index in [0.717, 1.165) is 7.11 Å². The molecular formula is C27H26Cl2F3N5O4. The highest BCUT2D eigenvalue weighted by Gasteiger charge is 2.48. The molecule has 0 bridgehead atoms. The van der Waals surface area contributed by atoms with E-state index < -0.39 is 42.1 Å². The van der Waals surface area contributed by atoms with Gasteiger partial charge in [0.1, 0.15) is 11.9 Å². The van der Waals surface area contributed by atoms with E-state index in [0.29, 0.717) is 27.4 Å². The maximum absolute atomic E-state index is 13.4. The Hall–Kier alpha value is -3.77. The summed E-state index contributed by atoms with van der Waals surface area (Å²) in [5.41, 5.74) is 1.83. The van der Waals surface area contributed by atoms with Crippen molar-refractivity contribution in [3.8, 4) is 5.69 Å². The topological polar surface area (TPSA) is 106 Å². The number of amides is 3. The van der Waals surface area contributed by atoms with Gasteiger partial charge in [-0.2, -0.15) is 18.3 Å². The van der Waals surface area contributed by atoms with E-state index in [2.05, 4.69) is 20.5 Å². The molecule has 1 aromatic heterocycles. The zero-order valence-electron chi connectivity index (χ0n) is 22.4. The van der Waals surface area contributed by atoms with Gasteiger partial charge in [0.05, 0.1) is 34.2 Å². The number of urea groups is 1. The van der Waals surface area contributed by atoms with Crippen molar-refractivity contribution in [2.75, 3.05) is 17.7 Å². The predicted molar refractivity (Wildman–Crippen MR) is 147 cm³/mol. The molecule has 41 heavy (non-hydrogen) atoms. The van der Waals surface area contributed by atoms with E-state index in [4.69, 9.17) is 23.2 Å². The van der Waals surface area contributed by atoms with Crippen LogP contribution in [0.1, 0.15) is 37.6 Å². The molecule has 0 fully saturated rings. The molecule has 1 aliphatic rings. The summed E-state index contributed by atoms with van der Waals surface area (Å²) >= 11 is 12.2. The van der Waals surface area contributed by atoms with Crippen LogP contribution in [0.2, 0.25) is 10.0 Å². The number of anilines is 2. The van der Waals surface area contributed by atoms with Crippen LogP contribution in [0.3, 0.4) is 0 Å². The van der Waals surface area contributed by atoms with Gasteiger partial charge in [0, 0.05) is 24.4 Å². The van der Waals surface area contributed by atoms with E-state index in [9.17, 15) is 27.6 Å². The lowest BCUT2D eigenvalue weighted by molar-refractivity contribution is -0.191. The number of rotatable bonds is 4. The van der Waals surface area contributed by atoms with Crippen LogP contribution in [0.15, 0.2) is 42.5 Å². The minimum atomic E-state index is -5.18. The van der Waals surface area contributed by atoms with Crippen molar-refractivity contribution in [1.82, 2.24) is 14.7 Å². The molecule has 218 valence electrons. The van der Waals surface area contributed by atoms with Crippen molar-refractivity contribution in [3.63, 3.8) is 0 Å². The van der Waals surface area contributed by atoms with E-state index >= 15 is 0 Å². The molecule has 2 heterocycles. The van der Waals surface area contributed by atoms with Gasteiger partial charge in [-0.15, -0.1) is 0 Å². The molecule has 0 aliphatic carbocycles. The zero-order chi connectivity index (χ0) is 30.3. The number of methoxy groups -OCH3 is 1. The van der Waals surface area contributed by atoms with Crippen molar-refractivity contribution in [2.24, 2.45) is 0 Å². The Bertz CT molecular complexity index is 1520. The number of aromatic nitrogens is 2. The first kappa shape index (κ1) is 30.2. The smallest absolute Gasteiger partial charge is 0.467 e. The van der Waals surface area contributed by atoms with E-state index in [-0.39, 0.29) is 28.0 Å². The second-order valence-corrected chi connectivity index (χ2v) is 11.2. The molecule has 1 aliphatic heterocycles. The predicted octanol–water partition coefficient (Wildman–Crippen LogP) is 6.11. The van der Waals surface area contributed by atoms with Gasteiger partial charge in [-0.3, -0.25) is 10.1 Å². The van der Waals surface area contributed by atoms with Crippen LogP contribution < -0.4 is 10.6 Å². The number of nitrogens with one attached hydrogen (secondary N) is 2. The number of hydrogen-bond acceptors (Lipinski definition) is 5. The lowest BCUT2D eigenvalue weighted by Gasteiger charge is -2.35. The maximum atomic E-state index is 13.4. The van der Waals surface area contributed by atoms with Crippen molar-refractivity contribution in [1.29, 1.82) is 0 Å². The molecule has 0 spiro atoms. The Labute approximate surface area is 243 Å². The van der Waals surface area contributed by atoms with Gasteiger partial charge in [0.15, 0.2) is 0 Å². The molecule has 0 radical (unpaired) electrons. The highest BCUT2D eigenvalue weighted by atomic mass is 35.5. The van der Waals surface area contributed by atoms with Gasteiger partial charge in [-0.25, -0.2) is 14.3 Å². The molecule has 0 unspecified atom stereocenters. The summed E-state index contributed by atoms with van der Waals surface area (Å²) in [6, 6.07) is 9.24. The summed E-state index contributed by atoms with van der Waals surface area (Å²) < 4.78 is 46.2. The molecule has 1 atom stereocenters. The number of hydrogen-bond donors (Lipinski definition) is 2. The van der Waals surface area contributed by atoms with Crippen LogP contribution in [0.5, 0.6) is 0 Å². The highest BCUT2D eigenvalue weighted by molar-refractivity contribution is 6.44. The number of ether oxygens (including phenoxy) is 1. The number of benzene rings is 2. The number of esters is 1. The van der Waals surface area contributed by atoms with E-state index in [1.54, 1.807) is 42.5 Å². The fourth-order valence-corrected chi connectivity index (χ4v) is 4.68. The molecule has 4 rings (SSSR count). The molecule has 3 aromatic rings. The fourth-order valence-electron chi connectivity index (χ4n) is 4.33. The maximum Gasteiger partial charge on any atom is 0.471 e. The average molecular weight is 612 g/mol. The zero-order valence-corrected chi connectivity index (χ0v) is 23.9. The summed E-state index contributed by atoms with van der Waals surface area (Å²) in [6.45, 7) is 5.30. The van der Waals surface area contributed by atoms with Crippen molar-refractivity contribution >= 4 is 52.6 Å². The molecule has 9 nitrogen and oxygen atoms in total. The van der Waals surface area contributed by atoms with Crippen molar-refractivity contribution < 1.29 is 32.3 Å². The second kappa shape index (κ2) is 11.2. The van der Waals surface area contributed by atoms with Crippen molar-refractivity contribution in [3.05, 3.63) is 69.3 Å². The minimum absolute atomic E-state index is 0.158. The Morgan fingerprint density at radius 2 is 1.73 bits per heavy atom. The largest absolute Gasteiger partial charge is 0.471 e. The Morgan fingerprint density at radius 3 is 2.37 bits per heavy atom. The molecular weight excluding hydrogens is 586 g/mol. The molecule has 2 aromatic carbocycles. The second-order valence-electron chi connectivity index (χ2n) is 10.4. The van der Waals surface area contributed by atoms with Gasteiger partial charge in [0.25, 0.3) is 0 Å². The number of alkyl halides is 3. The number of carbonyl (C=O) groups is 3. The summed E-state index contributed by atoms with van der Waals surface area (Å²) in [4.78, 5) is 37.8. The molecule has 2 N–H and O–H groups in total. The fraction of sp³-hybridized carbons (Fsp3) is 0.333. The SMILES string of the molecule is COC(=O)[C@@H]1Cc2ccc(-n3nc(C(C)(C)C)cc3NC(=O)Nc3cccc(Cl)c3Cl)cc2CN1C(=O)C(F)(F)F. The standard InChI is InChI=1S/C27H26Cl2F3N5O4/c1-26(2,3)20-12-21(34-25(40)33-18-7-5-6-17(28)22(18)29)37(35-20)16-9-8-14-11-19(23(38)41-4)36(13-15(14)10-16)24(39)27(30,31)32/h5-10,12,19H,11,13H2,1-4H3,(H2,33,34,40)/t19-/m0/s1. The third-order valence-electron chi connectivity index (χ3n) is 6.46. The quantitative estimate of drug-likeness (QED) is 0.346. The Morgan fingerprint density at radius 1 is 1.02 bits per heavy atom. The first-order chi connectivity index (χ1) is 19.1. The van der Waals surface area contributed by atoms with Crippen LogP contribution in [0, 0.1) is 0 Å². The molecule has 14 heteroatoms. The summed E-state index contributed by atoms with van der Waals surface area (Å²) in [7, 11) is 1.05. The minimum Gasteiger partial charge on any atom is -0.467 e. The summed E-state index contributed by atoms with van der Waals surface area (Å²) in [5, 5.41) is 10.4. The lowest BCUT2D eigenvalue weighted by Crippen LogP contribution is -2.53. The summed E-state index contributed by atoms with van der Waals surface area (Å²) in [6.07, 6.45) is -5.34. The first-order valence-corrected chi connectivity index (χ1v) is 13.1. The van der Waals surface area contributed by atoms with Gasteiger partial charge in [-0.1, -0.05) is 56.1 Å². The molecule has 3 amide bonds. The van der Waals surface area contributed by atoms with E-state index in [1.165, 1.54) is 4.68 Å². The van der Waals surface area contributed by atoms with Crippen LogP contribution in [0.4, 0.5) is 29.5 Å². The Kier molecular flexibility index (Phi) is 8.28.